The fourth-order valence-corrected chi connectivity index (χ4v) is 1.83. The van der Waals surface area contributed by atoms with E-state index in [-0.39, 0.29) is 13.0 Å². The molecule has 0 saturated heterocycles. The van der Waals surface area contributed by atoms with Crippen molar-refractivity contribution in [3.63, 3.8) is 0 Å². The number of benzene rings is 1. The number of amides is 1. The molecule has 5 nitrogen and oxygen atoms in total. The van der Waals surface area contributed by atoms with Crippen molar-refractivity contribution in [2.24, 2.45) is 0 Å². The Hall–Kier alpha value is -1.82. The second kappa shape index (κ2) is 6.80. The van der Waals surface area contributed by atoms with Gasteiger partial charge in [0, 0.05) is 10.2 Å². The van der Waals surface area contributed by atoms with Crippen LogP contribution in [0.2, 0.25) is 0 Å². The number of ether oxygens (including phenoxy) is 1. The molecule has 0 saturated carbocycles. The summed E-state index contributed by atoms with van der Waals surface area (Å²) < 4.78 is 5.44. The zero-order valence-corrected chi connectivity index (χ0v) is 11.1. The molecule has 0 bridgehead atoms. The summed E-state index contributed by atoms with van der Waals surface area (Å²) in [6, 6.07) is 4.91. The SMILES string of the molecule is C=CCOC(=O)Nc1cc(Br)cc(CC(=O)O)c1. The van der Waals surface area contributed by atoms with E-state index in [4.69, 9.17) is 9.84 Å². The third-order valence-electron chi connectivity index (χ3n) is 1.89. The van der Waals surface area contributed by atoms with E-state index in [0.29, 0.717) is 15.7 Å². The number of halogens is 1. The van der Waals surface area contributed by atoms with E-state index in [2.05, 4.69) is 27.8 Å². The second-order valence-electron chi connectivity index (χ2n) is 3.43. The highest BCUT2D eigenvalue weighted by atomic mass is 79.9. The van der Waals surface area contributed by atoms with E-state index in [9.17, 15) is 9.59 Å². The molecule has 0 aliphatic heterocycles. The first-order valence-electron chi connectivity index (χ1n) is 5.07. The zero-order valence-electron chi connectivity index (χ0n) is 9.48. The fraction of sp³-hybridized carbons (Fsp3) is 0.167. The van der Waals surface area contributed by atoms with Crippen LogP contribution in [-0.2, 0) is 16.0 Å². The topological polar surface area (TPSA) is 75.6 Å². The summed E-state index contributed by atoms with van der Waals surface area (Å²) in [6.45, 7) is 3.54. The number of rotatable bonds is 5. The lowest BCUT2D eigenvalue weighted by molar-refractivity contribution is -0.136. The number of nitrogens with one attached hydrogen (secondary N) is 1. The molecular formula is C12H12BrNO4. The molecule has 0 radical (unpaired) electrons. The Labute approximate surface area is 113 Å². The number of carboxylic acids is 1. The minimum Gasteiger partial charge on any atom is -0.481 e. The molecular weight excluding hydrogens is 302 g/mol. The van der Waals surface area contributed by atoms with Crippen molar-refractivity contribution in [3.8, 4) is 0 Å². The Morgan fingerprint density at radius 1 is 1.44 bits per heavy atom. The third kappa shape index (κ3) is 5.01. The molecule has 1 aromatic rings. The molecule has 1 aromatic carbocycles. The summed E-state index contributed by atoms with van der Waals surface area (Å²) in [7, 11) is 0. The average molecular weight is 314 g/mol. The van der Waals surface area contributed by atoms with Crippen molar-refractivity contribution in [2.75, 3.05) is 11.9 Å². The molecule has 0 aliphatic rings. The van der Waals surface area contributed by atoms with Crippen LogP contribution in [0.4, 0.5) is 10.5 Å². The quantitative estimate of drug-likeness (QED) is 0.820. The molecule has 1 rings (SSSR count). The summed E-state index contributed by atoms with van der Waals surface area (Å²) in [5.41, 5.74) is 1.05. The standard InChI is InChI=1S/C12H12BrNO4/c1-2-3-18-12(17)14-10-5-8(6-11(15)16)4-9(13)7-10/h2,4-5,7H,1,3,6H2,(H,14,17)(H,15,16). The minimum atomic E-state index is -0.937. The Balaban J connectivity index is 2.76. The van der Waals surface area contributed by atoms with Crippen LogP contribution in [0.3, 0.4) is 0 Å². The summed E-state index contributed by atoms with van der Waals surface area (Å²) in [5.74, 6) is -0.937. The van der Waals surface area contributed by atoms with Gasteiger partial charge in [0.1, 0.15) is 6.61 Å². The molecule has 0 heterocycles. The van der Waals surface area contributed by atoms with Crippen LogP contribution in [-0.4, -0.2) is 23.8 Å². The first-order valence-corrected chi connectivity index (χ1v) is 5.86. The van der Waals surface area contributed by atoms with Crippen LogP contribution >= 0.6 is 15.9 Å². The van der Waals surface area contributed by atoms with E-state index in [0.717, 1.165) is 0 Å². The number of carbonyl (C=O) groups excluding carboxylic acids is 1. The van der Waals surface area contributed by atoms with E-state index in [1.54, 1.807) is 18.2 Å². The number of aliphatic carboxylic acids is 1. The van der Waals surface area contributed by atoms with E-state index in [1.165, 1.54) is 6.08 Å². The van der Waals surface area contributed by atoms with Crippen molar-refractivity contribution >= 4 is 33.7 Å². The first kappa shape index (κ1) is 14.2. The lowest BCUT2D eigenvalue weighted by Gasteiger charge is -2.07. The third-order valence-corrected chi connectivity index (χ3v) is 2.35. The van der Waals surface area contributed by atoms with Crippen LogP contribution in [0.25, 0.3) is 0 Å². The molecule has 6 heteroatoms. The Morgan fingerprint density at radius 3 is 2.78 bits per heavy atom. The van der Waals surface area contributed by atoms with Gasteiger partial charge in [-0.25, -0.2) is 4.79 Å². The molecule has 1 amide bonds. The predicted molar refractivity (Wildman–Crippen MR) is 70.6 cm³/mol. The first-order chi connectivity index (χ1) is 8.51. The van der Waals surface area contributed by atoms with E-state index < -0.39 is 12.1 Å². The van der Waals surface area contributed by atoms with Gasteiger partial charge in [-0.2, -0.15) is 0 Å². The molecule has 0 aromatic heterocycles. The number of carboxylic acid groups (broad SMARTS) is 1. The molecule has 2 N–H and O–H groups in total. The van der Waals surface area contributed by atoms with Gasteiger partial charge in [-0.15, -0.1) is 0 Å². The minimum absolute atomic E-state index is 0.113. The van der Waals surface area contributed by atoms with Crippen molar-refractivity contribution in [1.29, 1.82) is 0 Å². The van der Waals surface area contributed by atoms with Gasteiger partial charge in [0.05, 0.1) is 6.42 Å². The van der Waals surface area contributed by atoms with Crippen molar-refractivity contribution < 1.29 is 19.4 Å². The Morgan fingerprint density at radius 2 is 2.17 bits per heavy atom. The maximum Gasteiger partial charge on any atom is 0.411 e. The molecule has 96 valence electrons. The van der Waals surface area contributed by atoms with Gasteiger partial charge in [0.2, 0.25) is 0 Å². The Bertz CT molecular complexity index is 473. The highest BCUT2D eigenvalue weighted by Gasteiger charge is 2.07. The maximum absolute atomic E-state index is 11.3. The molecule has 0 aliphatic carbocycles. The van der Waals surface area contributed by atoms with Gasteiger partial charge in [-0.1, -0.05) is 28.6 Å². The van der Waals surface area contributed by atoms with Gasteiger partial charge in [-0.3, -0.25) is 10.1 Å². The van der Waals surface area contributed by atoms with Gasteiger partial charge >= 0.3 is 12.1 Å². The van der Waals surface area contributed by atoms with E-state index >= 15 is 0 Å². The van der Waals surface area contributed by atoms with E-state index in [1.807, 2.05) is 0 Å². The zero-order chi connectivity index (χ0) is 13.5. The highest BCUT2D eigenvalue weighted by Crippen LogP contribution is 2.20. The van der Waals surface area contributed by atoms with Gasteiger partial charge in [0.25, 0.3) is 0 Å². The fourth-order valence-electron chi connectivity index (χ4n) is 1.29. The number of anilines is 1. The van der Waals surface area contributed by atoms with Gasteiger partial charge < -0.3 is 9.84 Å². The van der Waals surface area contributed by atoms with Crippen LogP contribution in [0.5, 0.6) is 0 Å². The summed E-state index contributed by atoms with van der Waals surface area (Å²) in [4.78, 5) is 21.9. The number of hydrogen-bond acceptors (Lipinski definition) is 3. The van der Waals surface area contributed by atoms with Crippen LogP contribution in [0, 0.1) is 0 Å². The summed E-state index contributed by atoms with van der Waals surface area (Å²) in [5, 5.41) is 11.2. The molecule has 0 spiro atoms. The summed E-state index contributed by atoms with van der Waals surface area (Å²) in [6.07, 6.45) is 0.723. The number of carbonyl (C=O) groups is 2. The lowest BCUT2D eigenvalue weighted by Crippen LogP contribution is -2.14. The van der Waals surface area contributed by atoms with Crippen molar-refractivity contribution in [3.05, 3.63) is 40.9 Å². The highest BCUT2D eigenvalue weighted by molar-refractivity contribution is 9.10. The predicted octanol–water partition coefficient (Wildman–Crippen LogP) is 2.81. The van der Waals surface area contributed by atoms with Crippen LogP contribution in [0.1, 0.15) is 5.56 Å². The average Bonchev–Trinajstić information content (AvgIpc) is 2.24. The lowest BCUT2D eigenvalue weighted by atomic mass is 10.1. The largest absolute Gasteiger partial charge is 0.481 e. The second-order valence-corrected chi connectivity index (χ2v) is 4.35. The molecule has 0 unspecified atom stereocenters. The monoisotopic (exact) mass is 313 g/mol. The van der Waals surface area contributed by atoms with Crippen molar-refractivity contribution in [2.45, 2.75) is 6.42 Å². The van der Waals surface area contributed by atoms with Crippen LogP contribution in [0.15, 0.2) is 35.3 Å². The van der Waals surface area contributed by atoms with Gasteiger partial charge in [-0.05, 0) is 23.8 Å². The van der Waals surface area contributed by atoms with Crippen LogP contribution < -0.4 is 5.32 Å². The molecule has 0 fully saturated rings. The Kier molecular flexibility index (Phi) is 5.38. The smallest absolute Gasteiger partial charge is 0.411 e. The van der Waals surface area contributed by atoms with Gasteiger partial charge in [0.15, 0.2) is 0 Å². The molecule has 18 heavy (non-hydrogen) atoms. The van der Waals surface area contributed by atoms with Crippen molar-refractivity contribution in [1.82, 2.24) is 0 Å². The summed E-state index contributed by atoms with van der Waals surface area (Å²) >= 11 is 3.24. The maximum atomic E-state index is 11.3. The number of hydrogen-bond donors (Lipinski definition) is 2. The molecule has 0 atom stereocenters. The normalized spacial score (nSPS) is 9.61.